The summed E-state index contributed by atoms with van der Waals surface area (Å²) in [5.41, 5.74) is -2.23. The van der Waals surface area contributed by atoms with Crippen LogP contribution in [-0.2, 0) is 6.54 Å². The lowest BCUT2D eigenvalue weighted by Gasteiger charge is -2.34. The molecule has 2 aliphatic heterocycles. The van der Waals surface area contributed by atoms with Crippen molar-refractivity contribution in [3.8, 4) is 5.75 Å². The second-order valence-electron chi connectivity index (χ2n) is 7.41. The van der Waals surface area contributed by atoms with Crippen molar-refractivity contribution in [1.82, 2.24) is 14.8 Å². The second-order valence-corrected chi connectivity index (χ2v) is 7.41. The Kier molecular flexibility index (Phi) is 6.85. The minimum Gasteiger partial charge on any atom is -0.503 e. The number of hydrogen-bond donors (Lipinski definition) is 2. The number of carbonyl (C=O) groups is 2. The van der Waals surface area contributed by atoms with E-state index >= 15 is 0 Å². The molecule has 1 aromatic carbocycles. The lowest BCUT2D eigenvalue weighted by molar-refractivity contribution is 0.0677. The van der Waals surface area contributed by atoms with E-state index in [2.05, 4.69) is 5.32 Å². The molecular weight excluding hydrogens is 434 g/mol. The van der Waals surface area contributed by atoms with Crippen LogP contribution in [-0.4, -0.2) is 46.7 Å². The first-order valence-electron chi connectivity index (χ1n) is 9.84. The molecule has 0 saturated carbocycles. The van der Waals surface area contributed by atoms with Gasteiger partial charge in [-0.1, -0.05) is 0 Å². The molecule has 32 heavy (non-hydrogen) atoms. The molecule has 2 aromatic rings. The minimum atomic E-state index is -1.18. The van der Waals surface area contributed by atoms with Gasteiger partial charge in [0.2, 0.25) is 5.43 Å². The molecule has 4 rings (SSSR count). The highest BCUT2D eigenvalue weighted by atomic mass is 19.1. The number of amides is 2. The summed E-state index contributed by atoms with van der Waals surface area (Å²) >= 11 is 0. The second kappa shape index (κ2) is 9.41. The molecule has 172 valence electrons. The van der Waals surface area contributed by atoms with Gasteiger partial charge in [0.1, 0.15) is 23.0 Å². The zero-order chi connectivity index (χ0) is 23.6. The summed E-state index contributed by atoms with van der Waals surface area (Å²) in [6.07, 6.45) is 3.54. The molecule has 2 aliphatic rings. The predicted molar refractivity (Wildman–Crippen MR) is 106 cm³/mol. The van der Waals surface area contributed by atoms with E-state index in [0.29, 0.717) is 38.8 Å². The molecule has 7 nitrogen and oxygen atoms in total. The van der Waals surface area contributed by atoms with Crippen molar-refractivity contribution in [2.75, 3.05) is 20.3 Å². The lowest BCUT2D eigenvalue weighted by atomic mass is 10.1. The van der Waals surface area contributed by atoms with Gasteiger partial charge in [0.15, 0.2) is 11.4 Å². The Hall–Kier alpha value is -3.37. The van der Waals surface area contributed by atoms with Gasteiger partial charge in [0.25, 0.3) is 11.8 Å². The van der Waals surface area contributed by atoms with Crippen LogP contribution >= 0.6 is 0 Å². The number of halogens is 4. The van der Waals surface area contributed by atoms with Gasteiger partial charge in [-0.3, -0.25) is 18.8 Å². The highest BCUT2D eigenvalue weighted by molar-refractivity contribution is 5.99. The highest BCUT2D eigenvalue weighted by Crippen LogP contribution is 2.31. The topological polar surface area (TPSA) is 91.6 Å². The number of aromatic nitrogens is 1. The number of nitrogens with one attached hydrogen (secondary N) is 1. The van der Waals surface area contributed by atoms with E-state index in [1.165, 1.54) is 10.8 Å². The fourth-order valence-corrected chi connectivity index (χ4v) is 3.97. The van der Waals surface area contributed by atoms with Crippen molar-refractivity contribution >= 4 is 11.8 Å². The number of nitrogens with zero attached hydrogens (tertiary/aromatic N) is 2. The van der Waals surface area contributed by atoms with Crippen molar-refractivity contribution in [2.24, 2.45) is 0 Å². The highest BCUT2D eigenvalue weighted by Gasteiger charge is 2.36. The maximum absolute atomic E-state index is 13.8. The standard InChI is InChI=1S/C20H18F3N3O4.CH3F/c21-10-5-14(22)12(15(23)6-10)7-24-19(29)13-9-26-11-3-1-2-4-25(8-11)20(30)16(26)18(28)17(13)27;1-2/h5-6,9,11,28H,1-4,7-8H2,(H,24,29);1H3. The summed E-state index contributed by atoms with van der Waals surface area (Å²) in [6.45, 7) is 0.302. The smallest absolute Gasteiger partial charge is 0.274 e. The van der Waals surface area contributed by atoms with E-state index in [0.717, 1.165) is 12.8 Å². The molecule has 1 atom stereocenters. The first-order valence-corrected chi connectivity index (χ1v) is 9.84. The van der Waals surface area contributed by atoms with E-state index in [1.807, 2.05) is 0 Å². The molecule has 2 N–H and O–H groups in total. The molecule has 0 spiro atoms. The van der Waals surface area contributed by atoms with Crippen molar-refractivity contribution in [2.45, 2.75) is 31.8 Å². The predicted octanol–water partition coefficient (Wildman–Crippen LogP) is 2.67. The van der Waals surface area contributed by atoms with Crippen molar-refractivity contribution in [3.05, 3.63) is 62.8 Å². The third-order valence-corrected chi connectivity index (χ3v) is 5.52. The Balaban J connectivity index is 0.00000141. The van der Waals surface area contributed by atoms with Crippen LogP contribution in [0.25, 0.3) is 0 Å². The van der Waals surface area contributed by atoms with Crippen LogP contribution in [0.15, 0.2) is 23.1 Å². The van der Waals surface area contributed by atoms with Gasteiger partial charge in [-0.15, -0.1) is 0 Å². The molecule has 11 heteroatoms. The molecular formula is C21H21F4N3O4. The lowest BCUT2D eigenvalue weighted by Crippen LogP contribution is -2.44. The molecule has 2 amide bonds. The number of benzene rings is 1. The largest absolute Gasteiger partial charge is 0.503 e. The van der Waals surface area contributed by atoms with Crippen molar-refractivity contribution in [3.63, 3.8) is 0 Å². The van der Waals surface area contributed by atoms with Gasteiger partial charge in [0.05, 0.1) is 13.2 Å². The summed E-state index contributed by atoms with van der Waals surface area (Å²) in [5.74, 6) is -5.74. The number of aromatic hydroxyl groups is 1. The molecule has 2 bridgehead atoms. The molecule has 1 aromatic heterocycles. The number of hydrogen-bond acceptors (Lipinski definition) is 4. The average Bonchev–Trinajstić information content (AvgIpc) is 2.98. The third-order valence-electron chi connectivity index (χ3n) is 5.52. The van der Waals surface area contributed by atoms with Gasteiger partial charge in [-0.25, -0.2) is 13.2 Å². The van der Waals surface area contributed by atoms with Crippen molar-refractivity contribution < 1.29 is 32.3 Å². The molecule has 0 aliphatic carbocycles. The monoisotopic (exact) mass is 455 g/mol. The Morgan fingerprint density at radius 2 is 1.81 bits per heavy atom. The van der Waals surface area contributed by atoms with E-state index in [4.69, 9.17) is 0 Å². The SMILES string of the molecule is CF.O=C(NCc1c(F)cc(F)cc1F)c1cn2c(c(O)c1=O)C(=O)N1CCCCC2C1. The fourth-order valence-electron chi connectivity index (χ4n) is 3.97. The summed E-state index contributed by atoms with van der Waals surface area (Å²) < 4.78 is 51.5. The van der Waals surface area contributed by atoms with Gasteiger partial charge in [-0.05, 0) is 19.3 Å². The third kappa shape index (κ3) is 4.19. The fraction of sp³-hybridized carbons (Fsp3) is 0.381. The quantitative estimate of drug-likeness (QED) is 0.697. The number of rotatable bonds is 3. The van der Waals surface area contributed by atoms with Crippen LogP contribution in [0.5, 0.6) is 5.75 Å². The maximum atomic E-state index is 13.8. The Morgan fingerprint density at radius 3 is 2.47 bits per heavy atom. The molecule has 0 radical (unpaired) electrons. The van der Waals surface area contributed by atoms with Gasteiger partial charge >= 0.3 is 0 Å². The van der Waals surface area contributed by atoms with Crippen molar-refractivity contribution in [1.29, 1.82) is 0 Å². The van der Waals surface area contributed by atoms with Crippen LogP contribution < -0.4 is 10.7 Å². The van der Waals surface area contributed by atoms with E-state index < -0.39 is 58.1 Å². The molecule has 3 heterocycles. The van der Waals surface area contributed by atoms with Crippen LogP contribution in [0.3, 0.4) is 0 Å². The summed E-state index contributed by atoms with van der Waals surface area (Å²) in [7, 11) is 0.500. The average molecular weight is 455 g/mol. The van der Waals surface area contributed by atoms with Crippen LogP contribution in [0.1, 0.15) is 51.7 Å². The van der Waals surface area contributed by atoms with Gasteiger partial charge in [-0.2, -0.15) is 0 Å². The van der Waals surface area contributed by atoms with Crippen LogP contribution in [0.4, 0.5) is 17.6 Å². The Morgan fingerprint density at radius 1 is 1.16 bits per heavy atom. The number of pyridine rings is 1. The van der Waals surface area contributed by atoms with E-state index in [1.54, 1.807) is 4.90 Å². The number of carbonyl (C=O) groups excluding carboxylic acids is 2. The Bertz CT molecular complexity index is 1100. The van der Waals surface area contributed by atoms with E-state index in [9.17, 15) is 37.1 Å². The minimum absolute atomic E-state index is 0.162. The van der Waals surface area contributed by atoms with Crippen LogP contribution in [0.2, 0.25) is 0 Å². The number of fused-ring (bicyclic) bond motifs is 4. The number of alkyl halides is 1. The maximum Gasteiger partial charge on any atom is 0.274 e. The molecule has 1 fully saturated rings. The van der Waals surface area contributed by atoms with E-state index in [-0.39, 0.29) is 11.7 Å². The summed E-state index contributed by atoms with van der Waals surface area (Å²) in [5, 5.41) is 12.6. The van der Waals surface area contributed by atoms with Crippen LogP contribution in [0, 0.1) is 17.5 Å². The summed E-state index contributed by atoms with van der Waals surface area (Å²) in [6, 6.07) is 0.756. The van der Waals surface area contributed by atoms with Gasteiger partial charge in [0, 0.05) is 43.5 Å². The normalized spacial score (nSPS) is 17.1. The Labute approximate surface area is 180 Å². The molecule has 1 saturated heterocycles. The first kappa shape index (κ1) is 23.3. The first-order chi connectivity index (χ1) is 15.3. The zero-order valence-electron chi connectivity index (χ0n) is 17.1. The molecule has 1 unspecified atom stereocenters. The summed E-state index contributed by atoms with van der Waals surface area (Å²) in [4.78, 5) is 39.3. The zero-order valence-corrected chi connectivity index (χ0v) is 17.1. The van der Waals surface area contributed by atoms with Gasteiger partial charge < -0.3 is 19.9 Å².